The number of rotatable bonds is 5. The van der Waals surface area contributed by atoms with Crippen molar-refractivity contribution in [1.82, 2.24) is 0 Å². The Morgan fingerprint density at radius 3 is 2.71 bits per heavy atom. The number of hydrogen-bond acceptors (Lipinski definition) is 2. The Bertz CT molecular complexity index is 415. The molecule has 4 heteroatoms. The SMILES string of the molecule is CCOc1cc(C)c(Cl)cc1C(C)CC(=O)O. The summed E-state index contributed by atoms with van der Waals surface area (Å²) in [5.41, 5.74) is 1.78. The van der Waals surface area contributed by atoms with Crippen LogP contribution in [0.25, 0.3) is 0 Å². The van der Waals surface area contributed by atoms with Crippen molar-refractivity contribution >= 4 is 17.6 Å². The van der Waals surface area contributed by atoms with Gasteiger partial charge in [-0.25, -0.2) is 0 Å². The zero-order valence-electron chi connectivity index (χ0n) is 10.3. The van der Waals surface area contributed by atoms with Crippen molar-refractivity contribution in [3.05, 3.63) is 28.3 Å². The highest BCUT2D eigenvalue weighted by molar-refractivity contribution is 6.31. The van der Waals surface area contributed by atoms with Crippen LogP contribution in [0, 0.1) is 6.92 Å². The fourth-order valence-corrected chi connectivity index (χ4v) is 1.88. The number of ether oxygens (including phenoxy) is 1. The first-order valence-corrected chi connectivity index (χ1v) is 5.98. The van der Waals surface area contributed by atoms with E-state index < -0.39 is 5.97 Å². The highest BCUT2D eigenvalue weighted by Crippen LogP contribution is 2.33. The fourth-order valence-electron chi connectivity index (χ4n) is 1.71. The predicted molar refractivity (Wildman–Crippen MR) is 68.0 cm³/mol. The van der Waals surface area contributed by atoms with E-state index in [2.05, 4.69) is 0 Å². The number of aliphatic carboxylic acids is 1. The van der Waals surface area contributed by atoms with Crippen LogP contribution in [0.4, 0.5) is 0 Å². The van der Waals surface area contributed by atoms with Gasteiger partial charge in [-0.15, -0.1) is 0 Å². The van der Waals surface area contributed by atoms with Gasteiger partial charge < -0.3 is 9.84 Å². The van der Waals surface area contributed by atoms with E-state index in [9.17, 15) is 4.79 Å². The average molecular weight is 257 g/mol. The maximum Gasteiger partial charge on any atom is 0.303 e. The number of benzene rings is 1. The number of halogens is 1. The van der Waals surface area contributed by atoms with Crippen molar-refractivity contribution in [2.24, 2.45) is 0 Å². The summed E-state index contributed by atoms with van der Waals surface area (Å²) < 4.78 is 5.52. The smallest absolute Gasteiger partial charge is 0.303 e. The van der Waals surface area contributed by atoms with Crippen LogP contribution in [0.15, 0.2) is 12.1 Å². The van der Waals surface area contributed by atoms with Gasteiger partial charge in [0.15, 0.2) is 0 Å². The van der Waals surface area contributed by atoms with Gasteiger partial charge in [0, 0.05) is 5.02 Å². The molecule has 1 rings (SSSR count). The zero-order chi connectivity index (χ0) is 13.0. The molecule has 1 atom stereocenters. The monoisotopic (exact) mass is 256 g/mol. The van der Waals surface area contributed by atoms with Crippen molar-refractivity contribution in [2.45, 2.75) is 33.1 Å². The highest BCUT2D eigenvalue weighted by Gasteiger charge is 2.16. The maximum atomic E-state index is 10.7. The Morgan fingerprint density at radius 1 is 1.53 bits per heavy atom. The molecule has 0 saturated heterocycles. The van der Waals surface area contributed by atoms with E-state index in [0.717, 1.165) is 16.9 Å². The molecule has 0 spiro atoms. The summed E-state index contributed by atoms with van der Waals surface area (Å²) in [5, 5.41) is 9.46. The van der Waals surface area contributed by atoms with Crippen LogP contribution in [0.2, 0.25) is 5.02 Å². The average Bonchev–Trinajstić information content (AvgIpc) is 2.22. The molecule has 0 aliphatic carbocycles. The lowest BCUT2D eigenvalue weighted by Crippen LogP contribution is -2.06. The number of carboxylic acids is 1. The van der Waals surface area contributed by atoms with E-state index in [1.54, 1.807) is 6.07 Å². The lowest BCUT2D eigenvalue weighted by molar-refractivity contribution is -0.137. The van der Waals surface area contributed by atoms with E-state index in [4.69, 9.17) is 21.4 Å². The Hall–Kier alpha value is -1.22. The van der Waals surface area contributed by atoms with Gasteiger partial charge in [0.25, 0.3) is 0 Å². The molecule has 0 saturated carbocycles. The van der Waals surface area contributed by atoms with Gasteiger partial charge in [-0.2, -0.15) is 0 Å². The second-order valence-electron chi connectivity index (χ2n) is 4.07. The molecule has 1 aromatic carbocycles. The molecule has 0 aliphatic heterocycles. The summed E-state index contributed by atoms with van der Waals surface area (Å²) in [6, 6.07) is 3.66. The lowest BCUT2D eigenvalue weighted by Gasteiger charge is -2.16. The first-order chi connectivity index (χ1) is 7.95. The van der Waals surface area contributed by atoms with Crippen LogP contribution in [-0.4, -0.2) is 17.7 Å². The maximum absolute atomic E-state index is 10.7. The molecule has 0 radical (unpaired) electrons. The predicted octanol–water partition coefficient (Wildman–Crippen LogP) is 3.63. The van der Waals surface area contributed by atoms with Crippen LogP contribution in [-0.2, 0) is 4.79 Å². The molecule has 0 fully saturated rings. The van der Waals surface area contributed by atoms with Crippen LogP contribution >= 0.6 is 11.6 Å². The van der Waals surface area contributed by atoms with Gasteiger partial charge >= 0.3 is 5.97 Å². The molecule has 1 aromatic rings. The van der Waals surface area contributed by atoms with E-state index in [1.165, 1.54) is 0 Å². The van der Waals surface area contributed by atoms with Gasteiger partial charge in [0.2, 0.25) is 0 Å². The summed E-state index contributed by atoms with van der Waals surface area (Å²) in [6.45, 7) is 6.21. The molecule has 1 N–H and O–H groups in total. The van der Waals surface area contributed by atoms with E-state index in [1.807, 2.05) is 26.8 Å². The summed E-state index contributed by atoms with van der Waals surface area (Å²) in [4.78, 5) is 10.7. The van der Waals surface area contributed by atoms with E-state index in [0.29, 0.717) is 11.6 Å². The minimum atomic E-state index is -0.823. The van der Waals surface area contributed by atoms with Gasteiger partial charge in [0.1, 0.15) is 5.75 Å². The molecule has 0 aromatic heterocycles. The van der Waals surface area contributed by atoms with Crippen LogP contribution in [0.1, 0.15) is 37.3 Å². The molecule has 3 nitrogen and oxygen atoms in total. The normalized spacial score (nSPS) is 12.2. The molecule has 17 heavy (non-hydrogen) atoms. The Labute approximate surface area is 106 Å². The Kier molecular flexibility index (Phi) is 4.82. The fraction of sp³-hybridized carbons (Fsp3) is 0.462. The Balaban J connectivity index is 3.10. The topological polar surface area (TPSA) is 46.5 Å². The van der Waals surface area contributed by atoms with Gasteiger partial charge in [-0.1, -0.05) is 18.5 Å². The number of aryl methyl sites for hydroxylation is 1. The molecule has 1 unspecified atom stereocenters. The quantitative estimate of drug-likeness (QED) is 0.875. The van der Waals surface area contributed by atoms with E-state index >= 15 is 0 Å². The Morgan fingerprint density at radius 2 is 2.18 bits per heavy atom. The third-order valence-electron chi connectivity index (χ3n) is 2.60. The van der Waals surface area contributed by atoms with Gasteiger partial charge in [0.05, 0.1) is 13.0 Å². The van der Waals surface area contributed by atoms with Crippen LogP contribution in [0.5, 0.6) is 5.75 Å². The second kappa shape index (κ2) is 5.92. The van der Waals surface area contributed by atoms with Crippen LogP contribution in [0.3, 0.4) is 0 Å². The lowest BCUT2D eigenvalue weighted by atomic mass is 9.96. The number of hydrogen-bond donors (Lipinski definition) is 1. The molecule has 94 valence electrons. The number of carboxylic acid groups (broad SMARTS) is 1. The molecule has 0 bridgehead atoms. The van der Waals surface area contributed by atoms with Gasteiger partial charge in [-0.05, 0) is 43.0 Å². The molecular formula is C13H17ClO3. The highest BCUT2D eigenvalue weighted by atomic mass is 35.5. The van der Waals surface area contributed by atoms with Crippen molar-refractivity contribution < 1.29 is 14.6 Å². The zero-order valence-corrected chi connectivity index (χ0v) is 11.0. The van der Waals surface area contributed by atoms with Crippen molar-refractivity contribution in [3.63, 3.8) is 0 Å². The third kappa shape index (κ3) is 3.63. The summed E-state index contributed by atoms with van der Waals surface area (Å²) >= 11 is 6.06. The summed E-state index contributed by atoms with van der Waals surface area (Å²) in [6.07, 6.45) is 0.0689. The van der Waals surface area contributed by atoms with Crippen molar-refractivity contribution in [3.8, 4) is 5.75 Å². The van der Waals surface area contributed by atoms with E-state index in [-0.39, 0.29) is 12.3 Å². The third-order valence-corrected chi connectivity index (χ3v) is 3.01. The molecule has 0 amide bonds. The molecule has 0 aliphatic rings. The van der Waals surface area contributed by atoms with Crippen molar-refractivity contribution in [2.75, 3.05) is 6.61 Å². The standard InChI is InChI=1S/C13H17ClO3/c1-4-17-12-5-9(3)11(14)7-10(12)8(2)6-13(15)16/h5,7-8H,4,6H2,1-3H3,(H,15,16). The molecular weight excluding hydrogens is 240 g/mol. The second-order valence-corrected chi connectivity index (χ2v) is 4.48. The minimum absolute atomic E-state index is 0.0689. The first kappa shape index (κ1) is 13.8. The van der Waals surface area contributed by atoms with Gasteiger partial charge in [-0.3, -0.25) is 4.79 Å². The van der Waals surface area contributed by atoms with Crippen LogP contribution < -0.4 is 4.74 Å². The summed E-state index contributed by atoms with van der Waals surface area (Å²) in [7, 11) is 0. The largest absolute Gasteiger partial charge is 0.494 e. The summed E-state index contributed by atoms with van der Waals surface area (Å²) in [5.74, 6) is -0.216. The molecule has 0 heterocycles. The minimum Gasteiger partial charge on any atom is -0.494 e. The first-order valence-electron chi connectivity index (χ1n) is 5.60. The number of carbonyl (C=O) groups is 1. The van der Waals surface area contributed by atoms with Crippen molar-refractivity contribution in [1.29, 1.82) is 0 Å².